The van der Waals surface area contributed by atoms with Crippen LogP contribution >= 0.6 is 0 Å². The average molecular weight is 233 g/mol. The zero-order valence-electron chi connectivity index (χ0n) is 10.4. The van der Waals surface area contributed by atoms with E-state index in [2.05, 4.69) is 33.6 Å². The van der Waals surface area contributed by atoms with Gasteiger partial charge in [0.25, 0.3) is 0 Å². The molecule has 0 spiro atoms. The lowest BCUT2D eigenvalue weighted by Gasteiger charge is -2.36. The first-order chi connectivity index (χ1) is 8.15. The Balaban J connectivity index is 1.76. The number of nitrogens with zero attached hydrogens (tertiary/aromatic N) is 4. The first-order valence-electron chi connectivity index (χ1n) is 6.25. The van der Waals surface area contributed by atoms with Crippen molar-refractivity contribution in [2.75, 3.05) is 23.7 Å². The van der Waals surface area contributed by atoms with Crippen molar-refractivity contribution in [2.45, 2.75) is 38.4 Å². The average Bonchev–Trinajstić information content (AvgIpc) is 2.89. The number of aromatic nitrogens is 2. The minimum atomic E-state index is 0.575. The van der Waals surface area contributed by atoms with E-state index < -0.39 is 0 Å². The van der Waals surface area contributed by atoms with E-state index in [-0.39, 0.29) is 0 Å². The standard InChI is InChI=1S/C12H19N5/c1-8(2)16-6-11-3-10(16)7-17(11)12-14-4-9(13)5-15-12/h4-5,8,10-11H,3,6-7,13H2,1-2H3/t10-,11-/m0/s1. The number of nitrogens with two attached hydrogens (primary N) is 1. The van der Waals surface area contributed by atoms with Crippen molar-refractivity contribution in [3.8, 4) is 0 Å². The molecule has 0 amide bonds. The summed E-state index contributed by atoms with van der Waals surface area (Å²) in [5, 5.41) is 0. The molecule has 5 nitrogen and oxygen atoms in total. The van der Waals surface area contributed by atoms with Crippen LogP contribution in [0.1, 0.15) is 20.3 Å². The summed E-state index contributed by atoms with van der Waals surface area (Å²) in [7, 11) is 0. The molecule has 3 rings (SSSR count). The van der Waals surface area contributed by atoms with Crippen molar-refractivity contribution in [3.63, 3.8) is 0 Å². The predicted octanol–water partition coefficient (Wildman–Crippen LogP) is 0.730. The van der Waals surface area contributed by atoms with Gasteiger partial charge in [-0.3, -0.25) is 4.90 Å². The second-order valence-corrected chi connectivity index (χ2v) is 5.30. The summed E-state index contributed by atoms with van der Waals surface area (Å²) >= 11 is 0. The summed E-state index contributed by atoms with van der Waals surface area (Å²) in [4.78, 5) is 13.5. The normalized spacial score (nSPS) is 28.3. The summed E-state index contributed by atoms with van der Waals surface area (Å²) in [6, 6.07) is 1.88. The van der Waals surface area contributed by atoms with Gasteiger partial charge in [0.15, 0.2) is 0 Å². The first-order valence-corrected chi connectivity index (χ1v) is 6.25. The number of nitrogen functional groups attached to an aromatic ring is 1. The second kappa shape index (κ2) is 3.84. The highest BCUT2D eigenvalue weighted by molar-refractivity contribution is 5.41. The molecule has 0 saturated carbocycles. The lowest BCUT2D eigenvalue weighted by atomic mass is 10.2. The molecule has 0 aromatic carbocycles. The second-order valence-electron chi connectivity index (χ2n) is 5.30. The van der Waals surface area contributed by atoms with Gasteiger partial charge in [-0.25, -0.2) is 9.97 Å². The van der Waals surface area contributed by atoms with Crippen LogP contribution in [-0.4, -0.2) is 46.1 Å². The number of anilines is 2. The van der Waals surface area contributed by atoms with E-state index in [0.29, 0.717) is 23.8 Å². The molecule has 2 fully saturated rings. The van der Waals surface area contributed by atoms with Crippen molar-refractivity contribution in [3.05, 3.63) is 12.4 Å². The van der Waals surface area contributed by atoms with Crippen LogP contribution in [0.3, 0.4) is 0 Å². The molecule has 2 aliphatic rings. The fraction of sp³-hybridized carbons (Fsp3) is 0.667. The maximum atomic E-state index is 5.61. The molecule has 2 aliphatic heterocycles. The molecule has 1 aromatic heterocycles. The predicted molar refractivity (Wildman–Crippen MR) is 67.8 cm³/mol. The molecule has 1 aromatic rings. The van der Waals surface area contributed by atoms with E-state index in [1.807, 2.05) is 0 Å². The number of rotatable bonds is 2. The highest BCUT2D eigenvalue weighted by Crippen LogP contribution is 2.33. The molecule has 17 heavy (non-hydrogen) atoms. The van der Waals surface area contributed by atoms with Crippen molar-refractivity contribution < 1.29 is 0 Å². The Hall–Kier alpha value is -1.36. The Labute approximate surface area is 102 Å². The molecule has 3 heterocycles. The minimum Gasteiger partial charge on any atom is -0.396 e. The van der Waals surface area contributed by atoms with Crippen molar-refractivity contribution in [1.29, 1.82) is 0 Å². The van der Waals surface area contributed by atoms with E-state index in [4.69, 9.17) is 5.73 Å². The number of hydrogen-bond donors (Lipinski definition) is 1. The molecule has 0 radical (unpaired) electrons. The van der Waals surface area contributed by atoms with Gasteiger partial charge in [0.1, 0.15) is 0 Å². The number of piperazine rings is 1. The molecule has 0 unspecified atom stereocenters. The van der Waals surface area contributed by atoms with Crippen LogP contribution in [0, 0.1) is 0 Å². The fourth-order valence-electron chi connectivity index (χ4n) is 3.05. The third-order valence-electron chi connectivity index (χ3n) is 3.86. The van der Waals surface area contributed by atoms with Gasteiger partial charge in [-0.15, -0.1) is 0 Å². The lowest BCUT2D eigenvalue weighted by Crippen LogP contribution is -2.49. The monoisotopic (exact) mass is 233 g/mol. The topological polar surface area (TPSA) is 58.3 Å². The van der Waals surface area contributed by atoms with Gasteiger partial charge in [-0.2, -0.15) is 0 Å². The van der Waals surface area contributed by atoms with Crippen LogP contribution in [0.25, 0.3) is 0 Å². The third kappa shape index (κ3) is 1.74. The molecule has 2 N–H and O–H groups in total. The lowest BCUT2D eigenvalue weighted by molar-refractivity contribution is 0.190. The first kappa shape index (κ1) is 10.8. The van der Waals surface area contributed by atoms with E-state index >= 15 is 0 Å². The van der Waals surface area contributed by atoms with Gasteiger partial charge in [0.05, 0.1) is 18.1 Å². The van der Waals surface area contributed by atoms with Crippen molar-refractivity contribution >= 4 is 11.6 Å². The van der Waals surface area contributed by atoms with Gasteiger partial charge in [0, 0.05) is 31.2 Å². The van der Waals surface area contributed by atoms with Gasteiger partial charge >= 0.3 is 0 Å². The van der Waals surface area contributed by atoms with Crippen molar-refractivity contribution in [2.24, 2.45) is 0 Å². The van der Waals surface area contributed by atoms with Crippen LogP contribution in [-0.2, 0) is 0 Å². The minimum absolute atomic E-state index is 0.575. The molecule has 2 bridgehead atoms. The SMILES string of the molecule is CC(C)N1C[C@@H]2C[C@H]1CN2c1ncc(N)cn1. The van der Waals surface area contributed by atoms with Crippen LogP contribution in [0.5, 0.6) is 0 Å². The molecular formula is C12H19N5. The Morgan fingerprint density at radius 2 is 1.94 bits per heavy atom. The van der Waals surface area contributed by atoms with E-state index in [1.165, 1.54) is 6.42 Å². The quantitative estimate of drug-likeness (QED) is 0.816. The van der Waals surface area contributed by atoms with Gasteiger partial charge in [0.2, 0.25) is 5.95 Å². The van der Waals surface area contributed by atoms with Gasteiger partial charge in [-0.1, -0.05) is 0 Å². The van der Waals surface area contributed by atoms with Gasteiger partial charge in [-0.05, 0) is 20.3 Å². The smallest absolute Gasteiger partial charge is 0.225 e. The van der Waals surface area contributed by atoms with Crippen molar-refractivity contribution in [1.82, 2.24) is 14.9 Å². The summed E-state index contributed by atoms with van der Waals surface area (Å²) in [6.07, 6.45) is 4.62. The summed E-state index contributed by atoms with van der Waals surface area (Å²) in [5.74, 6) is 0.829. The molecule has 92 valence electrons. The molecule has 0 aliphatic carbocycles. The van der Waals surface area contributed by atoms with E-state index in [0.717, 1.165) is 19.0 Å². The van der Waals surface area contributed by atoms with Gasteiger partial charge < -0.3 is 10.6 Å². The molecular weight excluding hydrogens is 214 g/mol. The Kier molecular flexibility index (Phi) is 2.43. The zero-order chi connectivity index (χ0) is 12.0. The number of hydrogen-bond acceptors (Lipinski definition) is 5. The van der Waals surface area contributed by atoms with Crippen LogP contribution in [0.2, 0.25) is 0 Å². The van der Waals surface area contributed by atoms with Crippen LogP contribution < -0.4 is 10.6 Å². The molecule has 2 saturated heterocycles. The Bertz CT molecular complexity index is 402. The fourth-order valence-corrected chi connectivity index (χ4v) is 3.05. The Morgan fingerprint density at radius 3 is 2.47 bits per heavy atom. The summed E-state index contributed by atoms with van der Waals surface area (Å²) in [6.45, 7) is 6.72. The maximum Gasteiger partial charge on any atom is 0.225 e. The number of fused-ring (bicyclic) bond motifs is 2. The Morgan fingerprint density at radius 1 is 1.24 bits per heavy atom. The van der Waals surface area contributed by atoms with Crippen LogP contribution in [0.4, 0.5) is 11.6 Å². The van der Waals surface area contributed by atoms with Crippen LogP contribution in [0.15, 0.2) is 12.4 Å². The molecule has 5 heteroatoms. The molecule has 2 atom stereocenters. The highest BCUT2D eigenvalue weighted by atomic mass is 15.4. The maximum absolute atomic E-state index is 5.61. The zero-order valence-corrected chi connectivity index (χ0v) is 10.4. The summed E-state index contributed by atoms with van der Waals surface area (Å²) < 4.78 is 0. The third-order valence-corrected chi connectivity index (χ3v) is 3.86. The highest BCUT2D eigenvalue weighted by Gasteiger charge is 2.44. The number of likely N-dealkylation sites (tertiary alicyclic amines) is 1. The van der Waals surface area contributed by atoms with E-state index in [1.54, 1.807) is 12.4 Å². The largest absolute Gasteiger partial charge is 0.396 e. The summed E-state index contributed by atoms with van der Waals surface area (Å²) in [5.41, 5.74) is 6.24. The van der Waals surface area contributed by atoms with E-state index in [9.17, 15) is 0 Å².